The second kappa shape index (κ2) is 11.3. The maximum atomic E-state index is 12.1. The quantitative estimate of drug-likeness (QED) is 0.302. The third kappa shape index (κ3) is 6.42. The van der Waals surface area contributed by atoms with Crippen molar-refractivity contribution in [2.24, 2.45) is 10.4 Å². The monoisotopic (exact) mass is 503 g/mol. The Morgan fingerprint density at radius 3 is 2.68 bits per heavy atom. The molecule has 2 rings (SSSR count). The number of nitrogens with zero attached hydrogens (tertiary/aromatic N) is 2. The number of amides is 1. The molecule has 1 aromatic rings. The smallest absolute Gasteiger partial charge is 0.227 e. The van der Waals surface area contributed by atoms with E-state index in [4.69, 9.17) is 4.74 Å². The predicted octanol–water partition coefficient (Wildman–Crippen LogP) is 2.22. The van der Waals surface area contributed by atoms with E-state index in [9.17, 15) is 4.79 Å². The first-order valence-corrected chi connectivity index (χ1v) is 9.54. The first kappa shape index (κ1) is 24.3. The molecule has 1 amide bonds. The number of ether oxygens (including phenoxy) is 1. The number of carbonyl (C=O) groups excluding carboxylic acids is 1. The lowest BCUT2D eigenvalue weighted by Crippen LogP contribution is -2.50. The van der Waals surface area contributed by atoms with E-state index in [1.807, 2.05) is 39.0 Å². The summed E-state index contributed by atoms with van der Waals surface area (Å²) >= 11 is 0. The van der Waals surface area contributed by atoms with Crippen LogP contribution >= 0.6 is 24.0 Å². The Hall–Kier alpha value is -1.71. The van der Waals surface area contributed by atoms with E-state index in [1.54, 1.807) is 14.2 Å². The Morgan fingerprint density at radius 1 is 1.32 bits per heavy atom. The first-order valence-electron chi connectivity index (χ1n) is 9.54. The van der Waals surface area contributed by atoms with Crippen molar-refractivity contribution in [3.63, 3.8) is 0 Å². The maximum Gasteiger partial charge on any atom is 0.227 e. The van der Waals surface area contributed by atoms with Crippen LogP contribution < -0.4 is 25.6 Å². The molecule has 28 heavy (non-hydrogen) atoms. The molecule has 1 saturated heterocycles. The highest BCUT2D eigenvalue weighted by atomic mass is 127. The predicted molar refractivity (Wildman–Crippen MR) is 126 cm³/mol. The van der Waals surface area contributed by atoms with Crippen LogP contribution in [0.25, 0.3) is 0 Å². The molecule has 158 valence electrons. The summed E-state index contributed by atoms with van der Waals surface area (Å²) in [5.41, 5.74) is 0.608. The Morgan fingerprint density at radius 2 is 2.04 bits per heavy atom. The van der Waals surface area contributed by atoms with Gasteiger partial charge in [0, 0.05) is 39.3 Å². The SMILES string of the molecule is CCNC(=O)C(C)(C)CNC(=NC)NC1CCN(c2ccccc2OC)C1.I. The molecule has 1 aliphatic rings. The third-order valence-electron chi connectivity index (χ3n) is 4.83. The number of halogens is 1. The summed E-state index contributed by atoms with van der Waals surface area (Å²) < 4.78 is 5.48. The minimum absolute atomic E-state index is 0. The van der Waals surface area contributed by atoms with Gasteiger partial charge in [-0.25, -0.2) is 0 Å². The first-order chi connectivity index (χ1) is 12.9. The number of nitrogens with one attached hydrogen (secondary N) is 3. The minimum atomic E-state index is -0.507. The summed E-state index contributed by atoms with van der Waals surface area (Å²) in [5, 5.41) is 9.64. The largest absolute Gasteiger partial charge is 0.495 e. The van der Waals surface area contributed by atoms with Gasteiger partial charge in [-0.15, -0.1) is 24.0 Å². The number of aliphatic imine (C=N–C) groups is 1. The minimum Gasteiger partial charge on any atom is -0.495 e. The van der Waals surface area contributed by atoms with Crippen molar-refractivity contribution in [2.75, 3.05) is 45.2 Å². The number of carbonyl (C=O) groups is 1. The highest BCUT2D eigenvalue weighted by Gasteiger charge is 2.29. The van der Waals surface area contributed by atoms with Crippen LogP contribution in [0.3, 0.4) is 0 Å². The van der Waals surface area contributed by atoms with E-state index in [-0.39, 0.29) is 35.9 Å². The van der Waals surface area contributed by atoms with Crippen LogP contribution in [0.4, 0.5) is 5.69 Å². The van der Waals surface area contributed by atoms with Crippen LogP contribution in [-0.2, 0) is 4.79 Å². The number of hydrogen-bond acceptors (Lipinski definition) is 4. The number of methoxy groups -OCH3 is 1. The van der Waals surface area contributed by atoms with Gasteiger partial charge >= 0.3 is 0 Å². The van der Waals surface area contributed by atoms with Gasteiger partial charge in [-0.1, -0.05) is 12.1 Å². The molecule has 8 heteroatoms. The van der Waals surface area contributed by atoms with Crippen molar-refractivity contribution >= 4 is 41.5 Å². The molecular weight excluding hydrogens is 469 g/mol. The second-order valence-electron chi connectivity index (χ2n) is 7.42. The second-order valence-corrected chi connectivity index (χ2v) is 7.42. The van der Waals surface area contributed by atoms with E-state index in [0.29, 0.717) is 13.1 Å². The molecule has 1 atom stereocenters. The Bertz CT molecular complexity index is 666. The molecular formula is C20H34IN5O2. The Balaban J connectivity index is 0.00000392. The molecule has 3 N–H and O–H groups in total. The molecule has 1 unspecified atom stereocenters. The standard InChI is InChI=1S/C20H33N5O2.HI/c1-6-22-18(26)20(2,3)14-23-19(21-4)24-15-11-12-25(13-15)16-9-7-8-10-17(16)27-5;/h7-10,15H,6,11-14H2,1-5H3,(H,22,26)(H2,21,23,24);1H. The lowest BCUT2D eigenvalue weighted by atomic mass is 9.92. The van der Waals surface area contributed by atoms with E-state index in [1.165, 1.54) is 0 Å². The maximum absolute atomic E-state index is 12.1. The molecule has 0 spiro atoms. The molecule has 0 saturated carbocycles. The highest BCUT2D eigenvalue weighted by molar-refractivity contribution is 14.0. The highest BCUT2D eigenvalue weighted by Crippen LogP contribution is 2.30. The summed E-state index contributed by atoms with van der Waals surface area (Å²) in [6.07, 6.45) is 1.01. The Kier molecular flexibility index (Phi) is 9.84. The van der Waals surface area contributed by atoms with Gasteiger partial charge in [0.2, 0.25) is 5.91 Å². The average Bonchev–Trinajstić information content (AvgIpc) is 3.13. The van der Waals surface area contributed by atoms with Gasteiger partial charge in [0.1, 0.15) is 5.75 Å². The van der Waals surface area contributed by atoms with E-state index < -0.39 is 5.41 Å². The van der Waals surface area contributed by atoms with E-state index in [2.05, 4.69) is 31.9 Å². The number of hydrogen-bond donors (Lipinski definition) is 3. The number of rotatable bonds is 7. The Labute approximate surface area is 185 Å². The van der Waals surface area contributed by atoms with Gasteiger partial charge in [0.15, 0.2) is 5.96 Å². The molecule has 0 aliphatic carbocycles. The van der Waals surface area contributed by atoms with Crippen LogP contribution in [0.2, 0.25) is 0 Å². The zero-order valence-electron chi connectivity index (χ0n) is 17.5. The van der Waals surface area contributed by atoms with Crippen molar-refractivity contribution in [1.29, 1.82) is 0 Å². The van der Waals surface area contributed by atoms with Gasteiger partial charge in [0.25, 0.3) is 0 Å². The van der Waals surface area contributed by atoms with Crippen molar-refractivity contribution in [2.45, 2.75) is 33.2 Å². The summed E-state index contributed by atoms with van der Waals surface area (Å²) in [4.78, 5) is 18.8. The summed E-state index contributed by atoms with van der Waals surface area (Å²) in [5.74, 6) is 1.65. The molecule has 1 heterocycles. The zero-order chi connectivity index (χ0) is 19.9. The summed E-state index contributed by atoms with van der Waals surface area (Å²) in [6, 6.07) is 8.37. The fraction of sp³-hybridized carbons (Fsp3) is 0.600. The lowest BCUT2D eigenvalue weighted by molar-refractivity contribution is -0.128. The van der Waals surface area contributed by atoms with Crippen LogP contribution in [0.15, 0.2) is 29.3 Å². The van der Waals surface area contributed by atoms with Crippen LogP contribution in [0, 0.1) is 5.41 Å². The van der Waals surface area contributed by atoms with Crippen molar-refractivity contribution in [1.82, 2.24) is 16.0 Å². The molecule has 7 nitrogen and oxygen atoms in total. The van der Waals surface area contributed by atoms with Crippen LogP contribution in [0.5, 0.6) is 5.75 Å². The fourth-order valence-corrected chi connectivity index (χ4v) is 3.16. The van der Waals surface area contributed by atoms with Crippen molar-refractivity contribution in [3.05, 3.63) is 24.3 Å². The number of guanidine groups is 1. The molecule has 1 aliphatic heterocycles. The number of benzene rings is 1. The van der Waals surface area contributed by atoms with Gasteiger partial charge < -0.3 is 25.6 Å². The van der Waals surface area contributed by atoms with Crippen LogP contribution in [0.1, 0.15) is 27.2 Å². The van der Waals surface area contributed by atoms with Gasteiger partial charge in [0.05, 0.1) is 18.2 Å². The van der Waals surface area contributed by atoms with Crippen molar-refractivity contribution < 1.29 is 9.53 Å². The average molecular weight is 503 g/mol. The third-order valence-corrected chi connectivity index (χ3v) is 4.83. The van der Waals surface area contributed by atoms with E-state index in [0.717, 1.165) is 36.9 Å². The fourth-order valence-electron chi connectivity index (χ4n) is 3.16. The molecule has 1 fully saturated rings. The molecule has 0 radical (unpaired) electrons. The zero-order valence-corrected chi connectivity index (χ0v) is 19.9. The number of para-hydroxylation sites is 2. The normalized spacial score (nSPS) is 17.0. The van der Waals surface area contributed by atoms with Gasteiger partial charge in [-0.05, 0) is 39.3 Å². The summed E-state index contributed by atoms with van der Waals surface area (Å²) in [6.45, 7) is 8.77. The topological polar surface area (TPSA) is 78.0 Å². The lowest BCUT2D eigenvalue weighted by Gasteiger charge is -2.26. The van der Waals surface area contributed by atoms with Crippen molar-refractivity contribution in [3.8, 4) is 5.75 Å². The molecule has 1 aromatic carbocycles. The van der Waals surface area contributed by atoms with Gasteiger partial charge in [-0.3, -0.25) is 9.79 Å². The molecule has 0 bridgehead atoms. The number of anilines is 1. The van der Waals surface area contributed by atoms with E-state index >= 15 is 0 Å². The van der Waals surface area contributed by atoms with Crippen LogP contribution in [-0.4, -0.2) is 58.2 Å². The summed E-state index contributed by atoms with van der Waals surface area (Å²) in [7, 11) is 3.45. The molecule has 0 aromatic heterocycles. The van der Waals surface area contributed by atoms with Gasteiger partial charge in [-0.2, -0.15) is 0 Å².